The van der Waals surface area contributed by atoms with Gasteiger partial charge in [0.25, 0.3) is 0 Å². The van der Waals surface area contributed by atoms with Gasteiger partial charge in [0.2, 0.25) is 0 Å². The Labute approximate surface area is 120 Å². The number of benzene rings is 1. The van der Waals surface area contributed by atoms with Gasteiger partial charge in [-0.05, 0) is 46.8 Å². The van der Waals surface area contributed by atoms with Crippen molar-refractivity contribution in [1.82, 2.24) is 25.3 Å². The van der Waals surface area contributed by atoms with E-state index >= 15 is 0 Å². The number of methoxy groups -OCH3 is 1. The van der Waals surface area contributed by atoms with Crippen LogP contribution in [0, 0.1) is 0 Å². The number of anilines is 1. The summed E-state index contributed by atoms with van der Waals surface area (Å²) in [7, 11) is 1.63. The monoisotopic (exact) mass is 286 g/mol. The Bertz CT molecular complexity index is 712. The maximum absolute atomic E-state index is 5.61. The summed E-state index contributed by atoms with van der Waals surface area (Å²) in [5.41, 5.74) is 0.607. The molecule has 0 atom stereocenters. The molecular formula is C13H14N6O2. The van der Waals surface area contributed by atoms with Crippen LogP contribution < -0.4 is 14.8 Å². The van der Waals surface area contributed by atoms with E-state index in [2.05, 4.69) is 25.9 Å². The minimum Gasteiger partial charge on any atom is -0.497 e. The number of rotatable bonds is 6. The molecule has 8 nitrogen and oxygen atoms in total. The smallest absolute Gasteiger partial charge is 0.200 e. The van der Waals surface area contributed by atoms with E-state index in [-0.39, 0.29) is 0 Å². The van der Waals surface area contributed by atoms with Crippen LogP contribution in [0.25, 0.3) is 5.65 Å². The Hall–Kier alpha value is -2.90. The molecule has 0 aliphatic rings. The summed E-state index contributed by atoms with van der Waals surface area (Å²) < 4.78 is 12.1. The first-order valence-electron chi connectivity index (χ1n) is 6.41. The third-order valence-electron chi connectivity index (χ3n) is 2.81. The Morgan fingerprint density at radius 3 is 2.71 bits per heavy atom. The number of ether oxygens (including phenoxy) is 2. The molecule has 108 valence electrons. The highest BCUT2D eigenvalue weighted by Crippen LogP contribution is 2.16. The van der Waals surface area contributed by atoms with Gasteiger partial charge in [0, 0.05) is 0 Å². The van der Waals surface area contributed by atoms with Crippen LogP contribution in [0.2, 0.25) is 0 Å². The Morgan fingerprint density at radius 2 is 1.90 bits per heavy atom. The summed E-state index contributed by atoms with van der Waals surface area (Å²) in [5.74, 6) is 2.29. The minimum atomic E-state index is 0.516. The van der Waals surface area contributed by atoms with Gasteiger partial charge in [-0.1, -0.05) is 0 Å². The number of hydrogen-bond acceptors (Lipinski definition) is 7. The van der Waals surface area contributed by atoms with E-state index in [1.165, 1.54) is 4.63 Å². The van der Waals surface area contributed by atoms with Gasteiger partial charge in [-0.2, -0.15) is 0 Å². The lowest BCUT2D eigenvalue weighted by Crippen LogP contribution is -2.13. The highest BCUT2D eigenvalue weighted by atomic mass is 16.5. The van der Waals surface area contributed by atoms with Gasteiger partial charge in [-0.15, -0.1) is 14.8 Å². The van der Waals surface area contributed by atoms with Gasteiger partial charge < -0.3 is 14.8 Å². The van der Waals surface area contributed by atoms with Crippen molar-refractivity contribution in [1.29, 1.82) is 0 Å². The number of hydrogen-bond donors (Lipinski definition) is 1. The normalized spacial score (nSPS) is 10.5. The molecule has 3 rings (SSSR count). The molecule has 0 radical (unpaired) electrons. The number of nitrogens with one attached hydrogen (secondary N) is 1. The molecule has 1 N–H and O–H groups in total. The molecule has 0 spiro atoms. The van der Waals surface area contributed by atoms with Crippen LogP contribution in [-0.4, -0.2) is 45.5 Å². The molecule has 2 heterocycles. The molecule has 0 bridgehead atoms. The first kappa shape index (κ1) is 13.1. The van der Waals surface area contributed by atoms with Crippen LogP contribution in [-0.2, 0) is 0 Å². The van der Waals surface area contributed by atoms with Crippen LogP contribution in [0.3, 0.4) is 0 Å². The molecule has 0 saturated carbocycles. The van der Waals surface area contributed by atoms with Gasteiger partial charge >= 0.3 is 0 Å². The van der Waals surface area contributed by atoms with Crippen molar-refractivity contribution >= 4 is 11.5 Å². The molecule has 0 aliphatic carbocycles. The van der Waals surface area contributed by atoms with E-state index in [1.807, 2.05) is 30.3 Å². The van der Waals surface area contributed by atoms with E-state index < -0.39 is 0 Å². The van der Waals surface area contributed by atoms with Crippen molar-refractivity contribution in [3.05, 3.63) is 36.4 Å². The van der Waals surface area contributed by atoms with Crippen LogP contribution in [0.5, 0.6) is 11.5 Å². The van der Waals surface area contributed by atoms with Crippen molar-refractivity contribution in [2.45, 2.75) is 0 Å². The van der Waals surface area contributed by atoms with Crippen LogP contribution in [0.4, 0.5) is 5.82 Å². The maximum atomic E-state index is 5.61. The fourth-order valence-electron chi connectivity index (χ4n) is 1.76. The zero-order valence-electron chi connectivity index (χ0n) is 11.4. The molecule has 21 heavy (non-hydrogen) atoms. The summed E-state index contributed by atoms with van der Waals surface area (Å²) in [5, 5.41) is 18.4. The predicted octanol–water partition coefficient (Wildman–Crippen LogP) is 1.02. The second-order valence-electron chi connectivity index (χ2n) is 4.20. The van der Waals surface area contributed by atoms with Crippen LogP contribution >= 0.6 is 0 Å². The SMILES string of the molecule is COc1ccc(OCCNc2ccc3nnnn3n2)cc1. The highest BCUT2D eigenvalue weighted by molar-refractivity contribution is 5.42. The standard InChI is InChI=1S/C13H14N6O2/c1-20-10-2-4-11(5-3-10)21-9-8-14-12-6-7-13-15-17-18-19(13)16-12/h2-7H,8-9H2,1H3,(H,14,16). The third-order valence-corrected chi connectivity index (χ3v) is 2.81. The van der Waals surface area contributed by atoms with Crippen molar-refractivity contribution in [2.75, 3.05) is 25.6 Å². The first-order chi connectivity index (χ1) is 10.3. The largest absolute Gasteiger partial charge is 0.497 e. The van der Waals surface area contributed by atoms with Crippen LogP contribution in [0.15, 0.2) is 36.4 Å². The van der Waals surface area contributed by atoms with Gasteiger partial charge in [0.05, 0.1) is 13.7 Å². The quantitative estimate of drug-likeness (QED) is 0.677. The fourth-order valence-corrected chi connectivity index (χ4v) is 1.76. The highest BCUT2D eigenvalue weighted by Gasteiger charge is 2.00. The minimum absolute atomic E-state index is 0.516. The summed E-state index contributed by atoms with van der Waals surface area (Å²) in [6.45, 7) is 1.13. The van der Waals surface area contributed by atoms with Crippen molar-refractivity contribution in [3.8, 4) is 11.5 Å². The fraction of sp³-hybridized carbons (Fsp3) is 0.231. The lowest BCUT2D eigenvalue weighted by molar-refractivity contribution is 0.331. The summed E-state index contributed by atoms with van der Waals surface area (Å²) in [6, 6.07) is 11.1. The van der Waals surface area contributed by atoms with E-state index in [4.69, 9.17) is 9.47 Å². The molecule has 0 saturated heterocycles. The number of fused-ring (bicyclic) bond motifs is 1. The lowest BCUT2D eigenvalue weighted by Gasteiger charge is -2.08. The van der Waals surface area contributed by atoms with E-state index in [9.17, 15) is 0 Å². The van der Waals surface area contributed by atoms with Gasteiger partial charge in [-0.3, -0.25) is 0 Å². The summed E-state index contributed by atoms with van der Waals surface area (Å²) >= 11 is 0. The van der Waals surface area contributed by atoms with E-state index in [0.717, 1.165) is 11.5 Å². The average molecular weight is 286 g/mol. The molecule has 0 fully saturated rings. The number of nitrogens with zero attached hydrogens (tertiary/aromatic N) is 5. The second-order valence-corrected chi connectivity index (χ2v) is 4.20. The van der Waals surface area contributed by atoms with Crippen LogP contribution in [0.1, 0.15) is 0 Å². The molecule has 8 heteroatoms. The Morgan fingerprint density at radius 1 is 1.10 bits per heavy atom. The topological polar surface area (TPSA) is 86.5 Å². The van der Waals surface area contributed by atoms with Gasteiger partial charge in [0.1, 0.15) is 23.9 Å². The predicted molar refractivity (Wildman–Crippen MR) is 75.6 cm³/mol. The van der Waals surface area contributed by atoms with E-state index in [1.54, 1.807) is 13.2 Å². The molecular weight excluding hydrogens is 272 g/mol. The molecule has 0 amide bonds. The molecule has 3 aromatic rings. The number of aromatic nitrogens is 5. The average Bonchev–Trinajstić information content (AvgIpc) is 3.00. The lowest BCUT2D eigenvalue weighted by atomic mass is 10.3. The third kappa shape index (κ3) is 3.16. The first-order valence-corrected chi connectivity index (χ1v) is 6.41. The summed E-state index contributed by atoms with van der Waals surface area (Å²) in [6.07, 6.45) is 0. The second kappa shape index (κ2) is 6.04. The van der Waals surface area contributed by atoms with Crippen molar-refractivity contribution in [3.63, 3.8) is 0 Å². The van der Waals surface area contributed by atoms with Crippen molar-refractivity contribution < 1.29 is 9.47 Å². The Kier molecular flexibility index (Phi) is 3.77. The summed E-state index contributed by atoms with van der Waals surface area (Å²) in [4.78, 5) is 0. The zero-order chi connectivity index (χ0) is 14.5. The molecule has 1 aromatic carbocycles. The Balaban J connectivity index is 1.48. The van der Waals surface area contributed by atoms with Gasteiger partial charge in [0.15, 0.2) is 5.65 Å². The van der Waals surface area contributed by atoms with Gasteiger partial charge in [-0.25, -0.2) is 0 Å². The van der Waals surface area contributed by atoms with E-state index in [0.29, 0.717) is 24.6 Å². The number of tetrazole rings is 1. The molecule has 0 unspecified atom stereocenters. The molecule has 2 aromatic heterocycles. The zero-order valence-corrected chi connectivity index (χ0v) is 11.4. The molecule has 0 aliphatic heterocycles. The maximum Gasteiger partial charge on any atom is 0.200 e. The van der Waals surface area contributed by atoms with Crippen molar-refractivity contribution in [2.24, 2.45) is 0 Å².